The lowest BCUT2D eigenvalue weighted by Gasteiger charge is -2.29. The van der Waals surface area contributed by atoms with Crippen LogP contribution in [0, 0.1) is 5.92 Å². The van der Waals surface area contributed by atoms with Crippen LogP contribution in [-0.4, -0.2) is 145 Å². The molecule has 0 saturated carbocycles. The number of carboxylic acid groups (broad SMARTS) is 1. The highest BCUT2D eigenvalue weighted by atomic mass is 16.4. The minimum atomic E-state index is -1.86. The molecule has 14 N–H and O–H groups in total. The maximum Gasteiger partial charge on any atom is 0.325 e. The molecule has 0 aliphatic heterocycles. The van der Waals surface area contributed by atoms with E-state index in [0.29, 0.717) is 0 Å². The Labute approximate surface area is 277 Å². The average molecular weight is 694 g/mol. The Hall–Kier alpha value is -3.95. The first kappa shape index (κ1) is 44.0. The zero-order chi connectivity index (χ0) is 37.6. The monoisotopic (exact) mass is 693 g/mol. The fraction of sp³-hybridized carbons (Fsp3) is 0.750. The summed E-state index contributed by atoms with van der Waals surface area (Å²) in [5, 5.41) is 72.0. The summed E-state index contributed by atoms with van der Waals surface area (Å²) in [4.78, 5) is 87.8. The molecule has 0 bridgehead atoms. The first-order valence-electron chi connectivity index (χ1n) is 15.2. The standard InChI is InChI=1S/C28H51N7O13/c1-10(2)8-16(29)22(41)32-20(14(6)39)26(45)35-21(15(7)40)27(46)34-19(13(5)38)25(44)31-17(9-36)23(42)33-18(12(4)37)24(43)30-11(3)28(47)48/h10-21,36-40H,8-9,29H2,1-7H3,(H,30,43)(H,31,44)(H,32,41)(H,33,42)(H,34,46)(H,35,45)(H,47,48)/t11-,12+,13+,14+,15+,16-,17-,18-,19-,20-,21-/m0/s1. The minimum Gasteiger partial charge on any atom is -0.480 e. The van der Waals surface area contributed by atoms with E-state index in [1.54, 1.807) is 0 Å². The van der Waals surface area contributed by atoms with Gasteiger partial charge < -0.3 is 68.3 Å². The zero-order valence-corrected chi connectivity index (χ0v) is 28.0. The molecule has 0 radical (unpaired) electrons. The second-order valence-corrected chi connectivity index (χ2v) is 12.0. The summed E-state index contributed by atoms with van der Waals surface area (Å²) in [7, 11) is 0. The molecule has 0 heterocycles. The number of nitrogens with two attached hydrogens (primary N) is 1. The van der Waals surface area contributed by atoms with Crippen LogP contribution < -0.4 is 37.6 Å². The van der Waals surface area contributed by atoms with E-state index >= 15 is 0 Å². The Morgan fingerprint density at radius 2 is 0.833 bits per heavy atom. The number of amides is 6. The summed E-state index contributed by atoms with van der Waals surface area (Å²) < 4.78 is 0. The van der Waals surface area contributed by atoms with Crippen LogP contribution in [0.2, 0.25) is 0 Å². The molecule has 0 rings (SSSR count). The topological polar surface area (TPSA) is 339 Å². The van der Waals surface area contributed by atoms with Gasteiger partial charge in [0.05, 0.1) is 37.1 Å². The molecule has 0 unspecified atom stereocenters. The second-order valence-electron chi connectivity index (χ2n) is 12.0. The largest absolute Gasteiger partial charge is 0.480 e. The van der Waals surface area contributed by atoms with E-state index in [-0.39, 0.29) is 12.3 Å². The Kier molecular flexibility index (Phi) is 18.7. The molecular weight excluding hydrogens is 642 g/mol. The van der Waals surface area contributed by atoms with E-state index in [0.717, 1.165) is 27.7 Å². The third-order valence-electron chi connectivity index (χ3n) is 6.86. The lowest BCUT2D eigenvalue weighted by atomic mass is 10.0. The van der Waals surface area contributed by atoms with Gasteiger partial charge in [-0.3, -0.25) is 33.6 Å². The van der Waals surface area contributed by atoms with E-state index in [4.69, 9.17) is 10.8 Å². The molecule has 6 amide bonds. The summed E-state index contributed by atoms with van der Waals surface area (Å²) in [6, 6.07) is -11.2. The summed E-state index contributed by atoms with van der Waals surface area (Å²) >= 11 is 0. The maximum absolute atomic E-state index is 13.1. The van der Waals surface area contributed by atoms with E-state index in [2.05, 4.69) is 31.9 Å². The highest BCUT2D eigenvalue weighted by Crippen LogP contribution is 2.06. The van der Waals surface area contributed by atoms with Gasteiger partial charge in [-0.05, 0) is 47.0 Å². The Bertz CT molecular complexity index is 1130. The van der Waals surface area contributed by atoms with E-state index in [9.17, 15) is 59.1 Å². The maximum atomic E-state index is 13.1. The molecule has 0 fully saturated rings. The number of aliphatic hydroxyl groups excluding tert-OH is 5. The second kappa shape index (κ2) is 20.4. The highest BCUT2D eigenvalue weighted by Gasteiger charge is 2.37. The number of carbonyl (C=O) groups excluding carboxylic acids is 6. The predicted octanol–water partition coefficient (Wildman–Crippen LogP) is -6.11. The molecular formula is C28H51N7O13. The zero-order valence-electron chi connectivity index (χ0n) is 28.0. The van der Waals surface area contributed by atoms with Gasteiger partial charge in [0.2, 0.25) is 35.4 Å². The van der Waals surface area contributed by atoms with Gasteiger partial charge >= 0.3 is 5.97 Å². The number of carbonyl (C=O) groups is 7. The molecule has 0 aliphatic carbocycles. The summed E-state index contributed by atoms with van der Waals surface area (Å²) in [5.74, 6) is -7.97. The Morgan fingerprint density at radius 1 is 0.521 bits per heavy atom. The number of rotatable bonds is 20. The lowest BCUT2D eigenvalue weighted by Crippen LogP contribution is -2.64. The van der Waals surface area contributed by atoms with Crippen molar-refractivity contribution in [1.82, 2.24) is 31.9 Å². The van der Waals surface area contributed by atoms with Crippen LogP contribution >= 0.6 is 0 Å². The van der Waals surface area contributed by atoms with Gasteiger partial charge in [0.1, 0.15) is 36.3 Å². The highest BCUT2D eigenvalue weighted by molar-refractivity contribution is 5.97. The molecule has 0 aliphatic rings. The third-order valence-corrected chi connectivity index (χ3v) is 6.86. The van der Waals surface area contributed by atoms with Gasteiger partial charge in [0.15, 0.2) is 0 Å². The molecule has 0 spiro atoms. The van der Waals surface area contributed by atoms with Crippen molar-refractivity contribution >= 4 is 41.4 Å². The molecule has 0 aromatic rings. The van der Waals surface area contributed by atoms with Gasteiger partial charge in [-0.1, -0.05) is 13.8 Å². The van der Waals surface area contributed by atoms with Crippen LogP contribution in [0.1, 0.15) is 54.9 Å². The van der Waals surface area contributed by atoms with Crippen LogP contribution in [0.3, 0.4) is 0 Å². The molecule has 0 saturated heterocycles. The smallest absolute Gasteiger partial charge is 0.325 e. The van der Waals surface area contributed by atoms with E-state index in [1.807, 2.05) is 13.8 Å². The molecule has 20 heteroatoms. The van der Waals surface area contributed by atoms with Gasteiger partial charge in [0, 0.05) is 0 Å². The van der Waals surface area contributed by atoms with Crippen LogP contribution in [0.5, 0.6) is 0 Å². The van der Waals surface area contributed by atoms with E-state index < -0.39 is 115 Å². The number of carboxylic acids is 1. The number of aliphatic hydroxyl groups is 5. The third kappa shape index (κ3) is 14.4. The Morgan fingerprint density at radius 3 is 1.15 bits per heavy atom. The quantitative estimate of drug-likeness (QED) is 0.0565. The van der Waals surface area contributed by atoms with E-state index in [1.165, 1.54) is 6.92 Å². The van der Waals surface area contributed by atoms with Crippen molar-refractivity contribution in [3.8, 4) is 0 Å². The number of aliphatic carboxylic acids is 1. The number of hydrogen-bond donors (Lipinski definition) is 13. The number of nitrogens with one attached hydrogen (secondary N) is 6. The normalized spacial score (nSPS) is 18.2. The molecule has 0 aromatic heterocycles. The first-order chi connectivity index (χ1) is 22.0. The first-order valence-corrected chi connectivity index (χ1v) is 15.2. The molecule has 0 aromatic carbocycles. The molecule has 11 atom stereocenters. The van der Waals surface area contributed by atoms with Crippen LogP contribution in [0.25, 0.3) is 0 Å². The Balaban J connectivity index is 5.80. The summed E-state index contributed by atoms with van der Waals surface area (Å²) in [6.45, 7) is 8.17. The van der Waals surface area contributed by atoms with Gasteiger partial charge in [0.25, 0.3) is 0 Å². The van der Waals surface area contributed by atoms with Gasteiger partial charge in [-0.15, -0.1) is 0 Å². The number of hydrogen-bond acceptors (Lipinski definition) is 13. The molecule has 48 heavy (non-hydrogen) atoms. The lowest BCUT2D eigenvalue weighted by molar-refractivity contribution is -0.142. The molecule has 276 valence electrons. The average Bonchev–Trinajstić information content (AvgIpc) is 2.96. The van der Waals surface area contributed by atoms with Gasteiger partial charge in [-0.2, -0.15) is 0 Å². The van der Waals surface area contributed by atoms with Crippen molar-refractivity contribution in [3.63, 3.8) is 0 Å². The molecule has 20 nitrogen and oxygen atoms in total. The van der Waals surface area contributed by atoms with Crippen LogP contribution in [0.4, 0.5) is 0 Å². The fourth-order valence-electron chi connectivity index (χ4n) is 4.06. The predicted molar refractivity (Wildman–Crippen MR) is 166 cm³/mol. The van der Waals surface area contributed by atoms with Crippen molar-refractivity contribution < 1.29 is 64.2 Å². The fourth-order valence-corrected chi connectivity index (χ4v) is 4.06. The van der Waals surface area contributed by atoms with Crippen LogP contribution in [0.15, 0.2) is 0 Å². The van der Waals surface area contributed by atoms with Crippen LogP contribution in [-0.2, 0) is 33.6 Å². The van der Waals surface area contributed by atoms with Crippen molar-refractivity contribution in [2.45, 2.75) is 122 Å². The summed E-state index contributed by atoms with van der Waals surface area (Å²) in [6.07, 6.45) is -6.05. The minimum absolute atomic E-state index is 0.0380. The van der Waals surface area contributed by atoms with Crippen molar-refractivity contribution in [1.29, 1.82) is 0 Å². The SMILES string of the molecule is CC(C)C[C@H](N)C(=O)N[C@H](C(=O)N[C@H](C(=O)N[C@H](C(=O)N[C@@H](CO)C(=O)N[C@H](C(=O)N[C@@H](C)C(=O)O)[C@@H](C)O)[C@@H](C)O)[C@@H](C)O)[C@@H](C)O. The van der Waals surface area contributed by atoms with Gasteiger partial charge in [-0.25, -0.2) is 0 Å². The van der Waals surface area contributed by atoms with Crippen molar-refractivity contribution in [3.05, 3.63) is 0 Å². The van der Waals surface area contributed by atoms with Crippen molar-refractivity contribution in [2.24, 2.45) is 11.7 Å². The summed E-state index contributed by atoms with van der Waals surface area (Å²) in [5.41, 5.74) is 5.84. The van der Waals surface area contributed by atoms with Crippen molar-refractivity contribution in [2.75, 3.05) is 6.61 Å².